The molecular formula is C21H22N4O3. The molecule has 3 N–H and O–H groups in total. The first-order valence-electron chi connectivity index (χ1n) is 9.06. The van der Waals surface area contributed by atoms with E-state index >= 15 is 0 Å². The summed E-state index contributed by atoms with van der Waals surface area (Å²) in [6, 6.07) is 13.2. The minimum atomic E-state index is -0.337. The zero-order chi connectivity index (χ0) is 19.5. The van der Waals surface area contributed by atoms with Crippen LogP contribution in [0, 0.1) is 0 Å². The zero-order valence-corrected chi connectivity index (χ0v) is 15.8. The Morgan fingerprint density at radius 1 is 1.21 bits per heavy atom. The molecule has 1 aromatic heterocycles. The number of H-pyrrole nitrogens is 1. The molecular weight excluding hydrogens is 356 g/mol. The first kappa shape index (κ1) is 18.1. The summed E-state index contributed by atoms with van der Waals surface area (Å²) in [4.78, 5) is 16.0. The lowest BCUT2D eigenvalue weighted by Gasteiger charge is -2.22. The van der Waals surface area contributed by atoms with Crippen molar-refractivity contribution in [1.82, 2.24) is 15.7 Å². The molecule has 1 aliphatic rings. The monoisotopic (exact) mass is 378 g/mol. The fourth-order valence-corrected chi connectivity index (χ4v) is 3.51. The van der Waals surface area contributed by atoms with E-state index in [1.165, 1.54) is 10.9 Å². The Balaban J connectivity index is 1.46. The molecule has 4 rings (SSSR count). The summed E-state index contributed by atoms with van der Waals surface area (Å²) in [5.74, 6) is 1.17. The lowest BCUT2D eigenvalue weighted by molar-refractivity contribution is -0.123. The number of ether oxygens (including phenoxy) is 2. The number of carbonyl (C=O) groups is 1. The summed E-state index contributed by atoms with van der Waals surface area (Å²) in [7, 11) is 3.18. The number of rotatable bonds is 5. The summed E-state index contributed by atoms with van der Waals surface area (Å²) >= 11 is 0. The third-order valence-electron chi connectivity index (χ3n) is 4.97. The maximum atomic E-state index is 12.6. The van der Waals surface area contributed by atoms with E-state index in [4.69, 9.17) is 9.47 Å². The van der Waals surface area contributed by atoms with E-state index in [1.54, 1.807) is 38.6 Å². The Hall–Kier alpha value is -3.32. The lowest BCUT2D eigenvalue weighted by atomic mass is 9.98. The largest absolute Gasteiger partial charge is 0.497 e. The average Bonchev–Trinajstić information content (AvgIpc) is 3.11. The number of hydrogen-bond donors (Lipinski definition) is 3. The Kier molecular flexibility index (Phi) is 4.99. The predicted molar refractivity (Wildman–Crippen MR) is 108 cm³/mol. The van der Waals surface area contributed by atoms with E-state index in [0.717, 1.165) is 16.8 Å². The molecule has 2 aromatic carbocycles. The van der Waals surface area contributed by atoms with Gasteiger partial charge in [0.25, 0.3) is 5.91 Å². The number of nitrogens with one attached hydrogen (secondary N) is 3. The maximum absolute atomic E-state index is 12.6. The van der Waals surface area contributed by atoms with Crippen LogP contribution in [0.2, 0.25) is 0 Å². The van der Waals surface area contributed by atoms with Crippen LogP contribution in [-0.2, 0) is 17.8 Å². The standard InChI is InChI=1S/C21H22N4O3/c1-27-14-7-8-20(28-2)13(9-14)11-23-25-21(26)18-10-16-15-5-3-4-6-17(15)24-19(16)12-22-18/h3-9,11,18,22,24H,10,12H2,1-2H3,(H,25,26)/b23-11-/t18-/m0/s1. The zero-order valence-electron chi connectivity index (χ0n) is 15.8. The number of carbonyl (C=O) groups excluding carboxylic acids is 1. The molecule has 1 aliphatic heterocycles. The van der Waals surface area contributed by atoms with Gasteiger partial charge in [0.15, 0.2) is 0 Å². The van der Waals surface area contributed by atoms with Gasteiger partial charge in [-0.05, 0) is 36.2 Å². The number of nitrogens with zero attached hydrogens (tertiary/aromatic N) is 1. The van der Waals surface area contributed by atoms with Crippen molar-refractivity contribution in [3.63, 3.8) is 0 Å². The summed E-state index contributed by atoms with van der Waals surface area (Å²) in [5, 5.41) is 8.53. The Morgan fingerprint density at radius 3 is 2.89 bits per heavy atom. The van der Waals surface area contributed by atoms with Crippen LogP contribution in [0.5, 0.6) is 11.5 Å². The summed E-state index contributed by atoms with van der Waals surface area (Å²) in [5.41, 5.74) is 6.76. The van der Waals surface area contributed by atoms with Crippen molar-refractivity contribution in [2.24, 2.45) is 5.10 Å². The van der Waals surface area contributed by atoms with Crippen molar-refractivity contribution in [2.75, 3.05) is 14.2 Å². The molecule has 0 spiro atoms. The van der Waals surface area contributed by atoms with Crippen molar-refractivity contribution in [3.05, 3.63) is 59.3 Å². The molecule has 1 amide bonds. The van der Waals surface area contributed by atoms with Gasteiger partial charge < -0.3 is 14.5 Å². The molecule has 0 saturated heterocycles. The van der Waals surface area contributed by atoms with Gasteiger partial charge in [-0.3, -0.25) is 10.1 Å². The van der Waals surface area contributed by atoms with Gasteiger partial charge in [0, 0.05) is 28.7 Å². The third kappa shape index (κ3) is 3.44. The highest BCUT2D eigenvalue weighted by Crippen LogP contribution is 2.26. The molecule has 28 heavy (non-hydrogen) atoms. The van der Waals surface area contributed by atoms with Gasteiger partial charge in [0.1, 0.15) is 11.5 Å². The number of fused-ring (bicyclic) bond motifs is 3. The van der Waals surface area contributed by atoms with E-state index in [-0.39, 0.29) is 11.9 Å². The molecule has 7 nitrogen and oxygen atoms in total. The lowest BCUT2D eigenvalue weighted by Crippen LogP contribution is -2.46. The summed E-state index contributed by atoms with van der Waals surface area (Å²) in [6.07, 6.45) is 2.17. The topological polar surface area (TPSA) is 87.7 Å². The molecule has 0 fully saturated rings. The number of benzene rings is 2. The molecule has 0 saturated carbocycles. The third-order valence-corrected chi connectivity index (χ3v) is 4.97. The molecule has 2 heterocycles. The highest BCUT2D eigenvalue weighted by atomic mass is 16.5. The van der Waals surface area contributed by atoms with Crippen LogP contribution in [0.1, 0.15) is 16.8 Å². The minimum absolute atomic E-state index is 0.172. The minimum Gasteiger partial charge on any atom is -0.497 e. The van der Waals surface area contributed by atoms with Gasteiger partial charge >= 0.3 is 0 Å². The molecule has 0 bridgehead atoms. The van der Waals surface area contributed by atoms with Crippen LogP contribution in [0.15, 0.2) is 47.6 Å². The number of hydrogen-bond acceptors (Lipinski definition) is 5. The van der Waals surface area contributed by atoms with Crippen LogP contribution in [-0.4, -0.2) is 37.4 Å². The molecule has 1 atom stereocenters. The van der Waals surface area contributed by atoms with E-state index in [0.29, 0.717) is 24.5 Å². The fourth-order valence-electron chi connectivity index (χ4n) is 3.51. The highest BCUT2D eigenvalue weighted by molar-refractivity contribution is 5.89. The van der Waals surface area contributed by atoms with Crippen molar-refractivity contribution in [2.45, 2.75) is 19.0 Å². The Bertz CT molecular complexity index is 1040. The number of amides is 1. The van der Waals surface area contributed by atoms with Gasteiger partial charge in [-0.15, -0.1) is 0 Å². The quantitative estimate of drug-likeness (QED) is 0.470. The number of methoxy groups -OCH3 is 2. The van der Waals surface area contributed by atoms with E-state index in [2.05, 4.69) is 33.0 Å². The van der Waals surface area contributed by atoms with Gasteiger partial charge in [0.05, 0.1) is 26.5 Å². The van der Waals surface area contributed by atoms with E-state index in [1.807, 2.05) is 12.1 Å². The summed E-state index contributed by atoms with van der Waals surface area (Å²) < 4.78 is 10.5. The van der Waals surface area contributed by atoms with Gasteiger partial charge in [-0.1, -0.05) is 18.2 Å². The van der Waals surface area contributed by atoms with Gasteiger partial charge in [-0.2, -0.15) is 5.10 Å². The van der Waals surface area contributed by atoms with Crippen molar-refractivity contribution < 1.29 is 14.3 Å². The van der Waals surface area contributed by atoms with Crippen molar-refractivity contribution in [3.8, 4) is 11.5 Å². The molecule has 7 heteroatoms. The predicted octanol–water partition coefficient (Wildman–Crippen LogP) is 2.35. The first-order chi connectivity index (χ1) is 13.7. The number of hydrazone groups is 1. The van der Waals surface area contributed by atoms with Crippen LogP contribution in [0.25, 0.3) is 10.9 Å². The Morgan fingerprint density at radius 2 is 2.07 bits per heavy atom. The van der Waals surface area contributed by atoms with Gasteiger partial charge in [0.2, 0.25) is 0 Å². The van der Waals surface area contributed by atoms with Crippen molar-refractivity contribution >= 4 is 23.0 Å². The van der Waals surface area contributed by atoms with Gasteiger partial charge in [-0.25, -0.2) is 5.43 Å². The number of aromatic amines is 1. The molecule has 0 radical (unpaired) electrons. The van der Waals surface area contributed by atoms with Crippen LogP contribution in [0.4, 0.5) is 0 Å². The normalized spacial score (nSPS) is 16.1. The average molecular weight is 378 g/mol. The van der Waals surface area contributed by atoms with E-state index < -0.39 is 0 Å². The second-order valence-electron chi connectivity index (χ2n) is 6.61. The summed E-state index contributed by atoms with van der Waals surface area (Å²) in [6.45, 7) is 0.621. The highest BCUT2D eigenvalue weighted by Gasteiger charge is 2.26. The van der Waals surface area contributed by atoms with E-state index in [9.17, 15) is 4.79 Å². The Labute approximate surface area is 162 Å². The SMILES string of the molecule is COc1ccc(OC)c(/C=N\NC(=O)[C@@H]2Cc3c([nH]c4ccccc34)CN2)c1. The molecule has 0 unspecified atom stereocenters. The second-order valence-corrected chi connectivity index (χ2v) is 6.61. The van der Waals surface area contributed by atoms with Crippen molar-refractivity contribution in [1.29, 1.82) is 0 Å². The number of aromatic nitrogens is 1. The van der Waals surface area contributed by atoms with Crippen LogP contribution in [0.3, 0.4) is 0 Å². The first-order valence-corrected chi connectivity index (χ1v) is 9.06. The van der Waals surface area contributed by atoms with Crippen LogP contribution < -0.4 is 20.2 Å². The maximum Gasteiger partial charge on any atom is 0.257 e. The molecule has 144 valence electrons. The molecule has 0 aliphatic carbocycles. The number of para-hydroxylation sites is 1. The smallest absolute Gasteiger partial charge is 0.257 e. The van der Waals surface area contributed by atoms with Crippen LogP contribution >= 0.6 is 0 Å². The molecule has 3 aromatic rings. The second kappa shape index (κ2) is 7.74. The fraction of sp³-hybridized carbons (Fsp3) is 0.238.